The number of hydrogen-bond donors (Lipinski definition) is 3. The Hall–Kier alpha value is -2.58. The highest BCUT2D eigenvalue weighted by Crippen LogP contribution is 2.13. The Balaban J connectivity index is 2.34. The average molecular weight is 268 g/mol. The van der Waals surface area contributed by atoms with Crippen LogP contribution >= 0.6 is 0 Å². The highest BCUT2D eigenvalue weighted by Gasteiger charge is 2.31. The van der Waals surface area contributed by atoms with E-state index in [1.165, 1.54) is 0 Å². The molecule has 1 fully saturated rings. The van der Waals surface area contributed by atoms with Gasteiger partial charge in [-0.2, -0.15) is 5.10 Å². The van der Waals surface area contributed by atoms with Crippen LogP contribution in [0.25, 0.3) is 0 Å². The molecule has 2 amide bonds. The van der Waals surface area contributed by atoms with Crippen LogP contribution in [-0.4, -0.2) is 55.5 Å². The van der Waals surface area contributed by atoms with E-state index in [1.807, 2.05) is 0 Å². The highest BCUT2D eigenvalue weighted by molar-refractivity contribution is 5.93. The van der Waals surface area contributed by atoms with Crippen molar-refractivity contribution in [1.29, 1.82) is 0 Å². The van der Waals surface area contributed by atoms with Gasteiger partial charge in [0.25, 0.3) is 11.3 Å². The zero-order chi connectivity index (χ0) is 14.0. The normalized spacial score (nSPS) is 15.4. The number of carboxylic acid groups (broad SMARTS) is 1. The lowest BCUT2D eigenvalue weighted by molar-refractivity contribution is -0.0176. The molecule has 0 spiro atoms. The number of amides is 2. The van der Waals surface area contributed by atoms with Gasteiger partial charge >= 0.3 is 6.09 Å². The summed E-state index contributed by atoms with van der Waals surface area (Å²) in [6.07, 6.45) is 0.945. The van der Waals surface area contributed by atoms with Gasteiger partial charge in [0.1, 0.15) is 0 Å². The lowest BCUT2D eigenvalue weighted by Gasteiger charge is -2.35. The summed E-state index contributed by atoms with van der Waals surface area (Å²) in [5.41, 5.74) is -1.46. The summed E-state index contributed by atoms with van der Waals surface area (Å²) in [5, 5.41) is 25.8. The maximum Gasteiger partial charge on any atom is 0.426 e. The van der Waals surface area contributed by atoms with E-state index in [0.717, 1.165) is 16.2 Å². The third-order valence-corrected chi connectivity index (χ3v) is 2.76. The van der Waals surface area contributed by atoms with E-state index in [0.29, 0.717) is 12.8 Å². The lowest BCUT2D eigenvalue weighted by atomic mass is 10.2. The maximum atomic E-state index is 12.1. The lowest BCUT2D eigenvalue weighted by Crippen LogP contribution is -2.53. The first kappa shape index (κ1) is 12.9. The second-order valence-electron chi connectivity index (χ2n) is 3.99. The summed E-state index contributed by atoms with van der Waals surface area (Å²) >= 11 is 0. The fourth-order valence-corrected chi connectivity index (χ4v) is 1.84. The molecule has 0 bridgehead atoms. The van der Waals surface area contributed by atoms with Gasteiger partial charge in [-0.1, -0.05) is 0 Å². The summed E-state index contributed by atoms with van der Waals surface area (Å²) in [6, 6.07) is 0. The summed E-state index contributed by atoms with van der Waals surface area (Å²) < 4.78 is 0. The third-order valence-electron chi connectivity index (χ3n) is 2.76. The molecule has 0 aromatic carbocycles. The summed E-state index contributed by atoms with van der Waals surface area (Å²) in [6.45, 7) is 0.361. The molecule has 19 heavy (non-hydrogen) atoms. The first-order valence-corrected chi connectivity index (χ1v) is 5.61. The molecule has 0 atom stereocenters. The number of H-pyrrole nitrogens is 1. The van der Waals surface area contributed by atoms with E-state index in [2.05, 4.69) is 10.2 Å². The number of carbonyl (C=O) groups excluding carboxylic acids is 1. The smallest absolute Gasteiger partial charge is 0.426 e. The first-order chi connectivity index (χ1) is 9.02. The van der Waals surface area contributed by atoms with Gasteiger partial charge in [0, 0.05) is 13.1 Å². The van der Waals surface area contributed by atoms with Crippen molar-refractivity contribution in [2.75, 3.05) is 13.1 Å². The van der Waals surface area contributed by atoms with Crippen molar-refractivity contribution in [3.63, 3.8) is 0 Å². The van der Waals surface area contributed by atoms with Crippen molar-refractivity contribution in [3.05, 3.63) is 22.1 Å². The molecular formula is C10H12N4O5. The molecule has 1 aromatic rings. The van der Waals surface area contributed by atoms with Crippen LogP contribution in [0.3, 0.4) is 0 Å². The van der Waals surface area contributed by atoms with Gasteiger partial charge in [0.2, 0.25) is 5.69 Å². The van der Waals surface area contributed by atoms with Crippen molar-refractivity contribution in [3.8, 4) is 5.75 Å². The van der Waals surface area contributed by atoms with Gasteiger partial charge < -0.3 is 10.2 Å². The average Bonchev–Trinajstić information content (AvgIpc) is 2.41. The van der Waals surface area contributed by atoms with Gasteiger partial charge in [-0.05, 0) is 12.8 Å². The molecule has 1 aliphatic heterocycles. The van der Waals surface area contributed by atoms with E-state index >= 15 is 0 Å². The molecular weight excluding hydrogens is 256 g/mol. The Morgan fingerprint density at radius 1 is 1.26 bits per heavy atom. The van der Waals surface area contributed by atoms with Gasteiger partial charge in [-0.15, -0.1) is 0 Å². The summed E-state index contributed by atoms with van der Waals surface area (Å²) in [5.74, 6) is -1.49. The number of nitrogens with zero attached hydrogens (tertiary/aromatic N) is 3. The van der Waals surface area contributed by atoms with Crippen LogP contribution in [0, 0.1) is 0 Å². The summed E-state index contributed by atoms with van der Waals surface area (Å²) in [7, 11) is 0. The van der Waals surface area contributed by atoms with Crippen LogP contribution < -0.4 is 5.43 Å². The fraction of sp³-hybridized carbons (Fsp3) is 0.400. The van der Waals surface area contributed by atoms with Gasteiger partial charge in [0.15, 0.2) is 5.75 Å². The largest absolute Gasteiger partial charge is 0.503 e. The van der Waals surface area contributed by atoms with E-state index in [1.54, 1.807) is 0 Å². The number of aromatic nitrogens is 2. The van der Waals surface area contributed by atoms with E-state index in [4.69, 9.17) is 5.11 Å². The minimum absolute atomic E-state index is 0.178. The van der Waals surface area contributed by atoms with Crippen LogP contribution in [0.1, 0.15) is 23.3 Å². The van der Waals surface area contributed by atoms with Crippen molar-refractivity contribution >= 4 is 12.0 Å². The third kappa shape index (κ3) is 2.34. The summed E-state index contributed by atoms with van der Waals surface area (Å²) in [4.78, 5) is 34.7. The topological polar surface area (TPSA) is 127 Å². The van der Waals surface area contributed by atoms with E-state index < -0.39 is 28.9 Å². The molecule has 0 saturated carbocycles. The molecule has 0 aliphatic carbocycles. The van der Waals surface area contributed by atoms with Crippen LogP contribution in [0.15, 0.2) is 11.0 Å². The van der Waals surface area contributed by atoms with Crippen LogP contribution in [0.2, 0.25) is 0 Å². The zero-order valence-corrected chi connectivity index (χ0v) is 9.87. The van der Waals surface area contributed by atoms with Crippen LogP contribution in [0.4, 0.5) is 4.79 Å². The van der Waals surface area contributed by atoms with Crippen molar-refractivity contribution in [1.82, 2.24) is 20.2 Å². The zero-order valence-electron chi connectivity index (χ0n) is 9.87. The molecule has 1 aromatic heterocycles. The highest BCUT2D eigenvalue weighted by atomic mass is 16.4. The Bertz CT molecular complexity index is 569. The minimum atomic E-state index is -1.27. The standard InChI is InChI=1S/C10H12N4O5/c15-6-5-11-12-7(8(6)16)9(17)13-3-1-2-4-14(13)10(18)19/h5H,1-4H2,(H,11,16)(H,12,15)(H,18,19). The number of carbonyl (C=O) groups is 2. The van der Waals surface area contributed by atoms with Gasteiger partial charge in [-0.25, -0.2) is 14.8 Å². The number of hydrazine groups is 1. The molecule has 2 rings (SSSR count). The van der Waals surface area contributed by atoms with Crippen molar-refractivity contribution in [2.45, 2.75) is 12.8 Å². The SMILES string of the molecule is O=C(O)N1CCCCN1C(=O)c1n[nH]cc(O)c1=O. The minimum Gasteiger partial charge on any atom is -0.503 e. The fourth-order valence-electron chi connectivity index (χ4n) is 1.84. The van der Waals surface area contributed by atoms with Gasteiger partial charge in [0.05, 0.1) is 6.20 Å². The van der Waals surface area contributed by atoms with E-state index in [9.17, 15) is 19.5 Å². The second kappa shape index (κ2) is 4.96. The Labute approximate surface area is 107 Å². The Morgan fingerprint density at radius 3 is 2.53 bits per heavy atom. The molecule has 0 radical (unpaired) electrons. The monoisotopic (exact) mass is 268 g/mol. The van der Waals surface area contributed by atoms with Crippen LogP contribution in [-0.2, 0) is 0 Å². The molecule has 0 unspecified atom stereocenters. The predicted octanol–water partition coefficient (Wildman–Crippen LogP) is -0.393. The molecule has 9 nitrogen and oxygen atoms in total. The molecule has 9 heteroatoms. The number of aromatic hydroxyl groups is 1. The Kier molecular flexibility index (Phi) is 3.36. The predicted molar refractivity (Wildman–Crippen MR) is 61.5 cm³/mol. The van der Waals surface area contributed by atoms with Crippen LogP contribution in [0.5, 0.6) is 5.75 Å². The number of hydrogen-bond acceptors (Lipinski definition) is 5. The molecule has 102 valence electrons. The maximum absolute atomic E-state index is 12.1. The Morgan fingerprint density at radius 2 is 1.89 bits per heavy atom. The van der Waals surface area contributed by atoms with Gasteiger partial charge in [-0.3, -0.25) is 14.7 Å². The molecule has 2 heterocycles. The molecule has 1 aliphatic rings. The van der Waals surface area contributed by atoms with Crippen molar-refractivity contribution < 1.29 is 19.8 Å². The molecule has 1 saturated heterocycles. The number of rotatable bonds is 1. The quantitative estimate of drug-likeness (QED) is 0.636. The first-order valence-electron chi connectivity index (χ1n) is 5.61. The number of aromatic amines is 1. The number of nitrogens with one attached hydrogen (secondary N) is 1. The van der Waals surface area contributed by atoms with Crippen molar-refractivity contribution in [2.24, 2.45) is 0 Å². The molecule has 3 N–H and O–H groups in total. The second-order valence-corrected chi connectivity index (χ2v) is 3.99. The van der Waals surface area contributed by atoms with E-state index in [-0.39, 0.29) is 13.1 Å².